The van der Waals surface area contributed by atoms with Crippen LogP contribution in [-0.2, 0) is 11.3 Å². The Morgan fingerprint density at radius 1 is 1.08 bits per heavy atom. The van der Waals surface area contributed by atoms with E-state index in [0.29, 0.717) is 17.9 Å². The molecule has 3 heterocycles. The van der Waals surface area contributed by atoms with Crippen molar-refractivity contribution in [2.45, 2.75) is 31.1 Å². The number of aliphatic hydroxyl groups is 1. The van der Waals surface area contributed by atoms with Gasteiger partial charge in [0.2, 0.25) is 0 Å². The fourth-order valence-electron chi connectivity index (χ4n) is 5.39. The second-order valence-electron chi connectivity index (χ2n) is 7.95. The minimum atomic E-state index is 0.0229. The Morgan fingerprint density at radius 3 is 2.76 bits per heavy atom. The maximum absolute atomic E-state index is 9.77. The van der Waals surface area contributed by atoms with E-state index in [1.165, 1.54) is 23.1 Å². The van der Waals surface area contributed by atoms with E-state index in [4.69, 9.17) is 4.74 Å². The lowest BCUT2D eigenvalue weighted by molar-refractivity contribution is 0.000383. The third-order valence-corrected chi connectivity index (χ3v) is 6.51. The highest BCUT2D eigenvalue weighted by atomic mass is 16.5. The molecule has 0 saturated carbocycles. The predicted molar refractivity (Wildman–Crippen MR) is 98.1 cm³/mol. The summed E-state index contributed by atoms with van der Waals surface area (Å²) in [7, 11) is 0. The van der Waals surface area contributed by atoms with Crippen LogP contribution in [0, 0.1) is 11.8 Å². The van der Waals surface area contributed by atoms with E-state index in [9.17, 15) is 5.11 Å². The molecule has 0 amide bonds. The lowest BCUT2D eigenvalue weighted by Gasteiger charge is -2.28. The minimum Gasteiger partial charge on any atom is -0.396 e. The molecule has 1 N–H and O–H groups in total. The van der Waals surface area contributed by atoms with Crippen molar-refractivity contribution in [3.8, 4) is 11.1 Å². The Kier molecular flexibility index (Phi) is 3.70. The zero-order valence-corrected chi connectivity index (χ0v) is 14.5. The van der Waals surface area contributed by atoms with Crippen LogP contribution in [-0.4, -0.2) is 41.4 Å². The smallest absolute Gasteiger partial charge is 0.0858 e. The van der Waals surface area contributed by atoms with Crippen LogP contribution in [0.5, 0.6) is 0 Å². The summed E-state index contributed by atoms with van der Waals surface area (Å²) in [6.45, 7) is 3.30. The molecule has 0 aromatic heterocycles. The highest BCUT2D eigenvalue weighted by Gasteiger charge is 2.62. The summed E-state index contributed by atoms with van der Waals surface area (Å²) in [5.74, 6) is 0.850. The van der Waals surface area contributed by atoms with Crippen molar-refractivity contribution in [1.82, 2.24) is 4.90 Å². The van der Waals surface area contributed by atoms with Gasteiger partial charge in [-0.2, -0.15) is 0 Å². The Bertz CT molecular complexity index is 762. The summed E-state index contributed by atoms with van der Waals surface area (Å²) >= 11 is 0. The van der Waals surface area contributed by atoms with E-state index in [1.54, 1.807) is 0 Å². The Hall–Kier alpha value is -1.68. The summed E-state index contributed by atoms with van der Waals surface area (Å²) in [6.07, 6.45) is 2.59. The Labute approximate surface area is 149 Å². The fraction of sp³-hybridized carbons (Fsp3) is 0.455. The molecule has 2 aromatic carbocycles. The molecule has 3 heteroatoms. The number of aliphatic hydroxyl groups excluding tert-OH is 1. The molecule has 3 aliphatic heterocycles. The molecule has 5 rings (SSSR count). The van der Waals surface area contributed by atoms with Crippen LogP contribution in [0.15, 0.2) is 54.6 Å². The van der Waals surface area contributed by atoms with Crippen LogP contribution < -0.4 is 0 Å². The van der Waals surface area contributed by atoms with Crippen molar-refractivity contribution in [2.24, 2.45) is 11.8 Å². The van der Waals surface area contributed by atoms with Crippen LogP contribution in [0.25, 0.3) is 11.1 Å². The first-order chi connectivity index (χ1) is 12.3. The van der Waals surface area contributed by atoms with E-state index in [-0.39, 0.29) is 12.2 Å². The largest absolute Gasteiger partial charge is 0.396 e. The molecule has 2 bridgehead atoms. The standard InChI is InChI=1S/C22H25NO2/c24-14-19-20-13-23(15-22(20)10-9-21(19)25-22)12-16-5-4-8-18(11-16)17-6-2-1-3-7-17/h1-8,11,19-21,24H,9-10,12-15H2/t19-,20+,21+,22+/m1/s1. The Balaban J connectivity index is 1.34. The first kappa shape index (κ1) is 15.6. The van der Waals surface area contributed by atoms with Gasteiger partial charge in [-0.15, -0.1) is 0 Å². The summed E-state index contributed by atoms with van der Waals surface area (Å²) in [6, 6.07) is 19.4. The average molecular weight is 335 g/mol. The van der Waals surface area contributed by atoms with Gasteiger partial charge in [0.15, 0.2) is 0 Å². The molecule has 3 aliphatic rings. The average Bonchev–Trinajstić information content (AvgIpc) is 3.30. The monoisotopic (exact) mass is 335 g/mol. The topological polar surface area (TPSA) is 32.7 Å². The van der Waals surface area contributed by atoms with E-state index in [1.807, 2.05) is 0 Å². The molecule has 3 nitrogen and oxygen atoms in total. The SMILES string of the molecule is OC[C@H]1[C@@H]2CC[C@@]3(CN(Cc4cccc(-c5ccccc5)c4)C[C@@H]13)O2. The van der Waals surface area contributed by atoms with Gasteiger partial charge in [-0.1, -0.05) is 48.5 Å². The molecule has 1 spiro atoms. The second kappa shape index (κ2) is 5.94. The molecule has 3 saturated heterocycles. The van der Waals surface area contributed by atoms with Gasteiger partial charge in [0.05, 0.1) is 11.7 Å². The maximum atomic E-state index is 9.77. The van der Waals surface area contributed by atoms with Crippen LogP contribution in [0.2, 0.25) is 0 Å². The predicted octanol–water partition coefficient (Wildman–Crippen LogP) is 3.33. The lowest BCUT2D eigenvalue weighted by atomic mass is 9.74. The van der Waals surface area contributed by atoms with Gasteiger partial charge in [0.1, 0.15) is 0 Å². The van der Waals surface area contributed by atoms with Gasteiger partial charge in [0, 0.05) is 38.1 Å². The zero-order valence-electron chi connectivity index (χ0n) is 14.5. The minimum absolute atomic E-state index is 0.0229. The molecule has 2 aromatic rings. The number of likely N-dealkylation sites (tertiary alicyclic amines) is 1. The number of rotatable bonds is 4. The third kappa shape index (κ3) is 2.53. The summed E-state index contributed by atoms with van der Waals surface area (Å²) in [5.41, 5.74) is 3.92. The first-order valence-electron chi connectivity index (χ1n) is 9.43. The maximum Gasteiger partial charge on any atom is 0.0858 e. The van der Waals surface area contributed by atoms with Gasteiger partial charge < -0.3 is 9.84 Å². The van der Waals surface area contributed by atoms with Crippen molar-refractivity contribution in [2.75, 3.05) is 19.7 Å². The molecule has 0 aliphatic carbocycles. The molecule has 0 unspecified atom stereocenters. The van der Waals surface area contributed by atoms with Gasteiger partial charge in [-0.25, -0.2) is 0 Å². The highest BCUT2D eigenvalue weighted by molar-refractivity contribution is 5.63. The van der Waals surface area contributed by atoms with Crippen LogP contribution in [0.3, 0.4) is 0 Å². The molecule has 25 heavy (non-hydrogen) atoms. The second-order valence-corrected chi connectivity index (χ2v) is 7.95. The number of hydrogen-bond acceptors (Lipinski definition) is 3. The summed E-state index contributed by atoms with van der Waals surface area (Å²) in [5, 5.41) is 9.77. The molecule has 0 radical (unpaired) electrons. The normalized spacial score (nSPS) is 33.7. The summed E-state index contributed by atoms with van der Waals surface area (Å²) in [4.78, 5) is 2.53. The number of hydrogen-bond donors (Lipinski definition) is 1. The van der Waals surface area contributed by atoms with Crippen LogP contribution in [0.4, 0.5) is 0 Å². The van der Waals surface area contributed by atoms with E-state index < -0.39 is 0 Å². The van der Waals surface area contributed by atoms with Crippen LogP contribution in [0.1, 0.15) is 18.4 Å². The molecule has 4 atom stereocenters. The van der Waals surface area contributed by atoms with Crippen molar-refractivity contribution < 1.29 is 9.84 Å². The van der Waals surface area contributed by atoms with Crippen molar-refractivity contribution in [3.05, 3.63) is 60.2 Å². The van der Waals surface area contributed by atoms with Gasteiger partial charge in [-0.05, 0) is 35.6 Å². The molecular formula is C22H25NO2. The van der Waals surface area contributed by atoms with Gasteiger partial charge in [-0.3, -0.25) is 4.90 Å². The zero-order chi connectivity index (χ0) is 16.9. The number of nitrogens with zero attached hydrogens (tertiary/aromatic N) is 1. The third-order valence-electron chi connectivity index (χ3n) is 6.51. The van der Waals surface area contributed by atoms with Gasteiger partial charge in [0.25, 0.3) is 0 Å². The molecule has 130 valence electrons. The van der Waals surface area contributed by atoms with Crippen molar-refractivity contribution >= 4 is 0 Å². The van der Waals surface area contributed by atoms with Crippen molar-refractivity contribution in [3.63, 3.8) is 0 Å². The van der Waals surface area contributed by atoms with E-state index in [2.05, 4.69) is 59.5 Å². The lowest BCUT2D eigenvalue weighted by Crippen LogP contribution is -2.37. The van der Waals surface area contributed by atoms with Crippen LogP contribution >= 0.6 is 0 Å². The first-order valence-corrected chi connectivity index (χ1v) is 9.43. The highest BCUT2D eigenvalue weighted by Crippen LogP contribution is 2.54. The fourth-order valence-corrected chi connectivity index (χ4v) is 5.39. The number of fused-ring (bicyclic) bond motifs is 1. The van der Waals surface area contributed by atoms with Gasteiger partial charge >= 0.3 is 0 Å². The number of ether oxygens (including phenoxy) is 1. The Morgan fingerprint density at radius 2 is 1.92 bits per heavy atom. The summed E-state index contributed by atoms with van der Waals surface area (Å²) < 4.78 is 6.35. The number of benzene rings is 2. The molecule has 3 fully saturated rings. The van der Waals surface area contributed by atoms with E-state index in [0.717, 1.165) is 26.1 Å². The van der Waals surface area contributed by atoms with E-state index >= 15 is 0 Å². The quantitative estimate of drug-likeness (QED) is 0.930. The molecular weight excluding hydrogens is 310 g/mol. The van der Waals surface area contributed by atoms with Crippen molar-refractivity contribution in [1.29, 1.82) is 0 Å².